The van der Waals surface area contributed by atoms with Crippen molar-refractivity contribution in [2.24, 2.45) is 0 Å². The highest BCUT2D eigenvalue weighted by Crippen LogP contribution is 2.20. The van der Waals surface area contributed by atoms with Gasteiger partial charge in [0.25, 0.3) is 0 Å². The lowest BCUT2D eigenvalue weighted by Crippen LogP contribution is -2.45. The van der Waals surface area contributed by atoms with Crippen LogP contribution in [0, 0.1) is 0 Å². The van der Waals surface area contributed by atoms with E-state index in [0.717, 1.165) is 48.5 Å². The number of hydrogen-bond acceptors (Lipinski definition) is 3. The van der Waals surface area contributed by atoms with Crippen LogP contribution in [0.1, 0.15) is 18.4 Å². The van der Waals surface area contributed by atoms with Crippen LogP contribution in [-0.4, -0.2) is 34.5 Å². The van der Waals surface area contributed by atoms with E-state index in [1.165, 1.54) is 5.56 Å². The summed E-state index contributed by atoms with van der Waals surface area (Å²) in [7, 11) is 0. The predicted octanol–water partition coefficient (Wildman–Crippen LogP) is 4.59. The Morgan fingerprint density at radius 1 is 0.879 bits per heavy atom. The van der Waals surface area contributed by atoms with Gasteiger partial charge >= 0.3 is 0 Å². The van der Waals surface area contributed by atoms with Crippen LogP contribution in [0.2, 0.25) is 5.02 Å². The maximum atomic E-state index is 13.0. The van der Waals surface area contributed by atoms with E-state index in [1.807, 2.05) is 65.2 Å². The number of amides is 1. The molecule has 0 spiro atoms. The fourth-order valence-corrected chi connectivity index (χ4v) is 4.87. The van der Waals surface area contributed by atoms with E-state index in [9.17, 15) is 9.59 Å². The largest absolute Gasteiger partial charge is 0.352 e. The number of hydrogen-bond donors (Lipinski definition) is 1. The molecule has 0 bridgehead atoms. The minimum absolute atomic E-state index is 0.00548. The lowest BCUT2D eigenvalue weighted by Gasteiger charge is -2.32. The van der Waals surface area contributed by atoms with Crippen molar-refractivity contribution in [1.82, 2.24) is 14.8 Å². The van der Waals surface area contributed by atoms with Crippen molar-refractivity contribution in [3.8, 4) is 0 Å². The zero-order chi connectivity index (χ0) is 22.8. The van der Waals surface area contributed by atoms with E-state index < -0.39 is 0 Å². The molecule has 5 rings (SSSR count). The van der Waals surface area contributed by atoms with Crippen LogP contribution in [0.15, 0.2) is 77.6 Å². The number of carbonyl (C=O) groups is 1. The van der Waals surface area contributed by atoms with Gasteiger partial charge in [-0.1, -0.05) is 48.0 Å². The van der Waals surface area contributed by atoms with Gasteiger partial charge in [-0.05, 0) is 54.8 Å². The molecular weight excluding hydrogens is 434 g/mol. The number of likely N-dealkylation sites (tertiary alicyclic amines) is 1. The van der Waals surface area contributed by atoms with E-state index in [2.05, 4.69) is 22.3 Å². The molecule has 0 radical (unpaired) electrons. The van der Waals surface area contributed by atoms with Gasteiger partial charge in [-0.2, -0.15) is 0 Å². The van der Waals surface area contributed by atoms with E-state index >= 15 is 0 Å². The monoisotopic (exact) mass is 459 g/mol. The maximum Gasteiger partial charge on any atom is 0.240 e. The number of para-hydroxylation sites is 2. The maximum absolute atomic E-state index is 13.0. The third kappa shape index (κ3) is 4.65. The van der Waals surface area contributed by atoms with Gasteiger partial charge in [0.2, 0.25) is 5.91 Å². The molecule has 5 nitrogen and oxygen atoms in total. The molecule has 168 valence electrons. The number of fused-ring (bicyclic) bond motifs is 2. The van der Waals surface area contributed by atoms with Crippen LogP contribution in [0.5, 0.6) is 0 Å². The summed E-state index contributed by atoms with van der Waals surface area (Å²) in [6.07, 6.45) is 1.84. The van der Waals surface area contributed by atoms with Gasteiger partial charge < -0.3 is 9.88 Å². The normalized spacial score (nSPS) is 15.2. The predicted molar refractivity (Wildman–Crippen MR) is 134 cm³/mol. The molecule has 0 aliphatic carbocycles. The molecule has 1 N–H and O–H groups in total. The van der Waals surface area contributed by atoms with E-state index in [1.54, 1.807) is 0 Å². The topological polar surface area (TPSA) is 54.3 Å². The molecule has 1 saturated heterocycles. The van der Waals surface area contributed by atoms with Crippen molar-refractivity contribution in [2.75, 3.05) is 13.1 Å². The Hall–Kier alpha value is -3.15. The number of benzene rings is 3. The first-order valence-electron chi connectivity index (χ1n) is 11.3. The summed E-state index contributed by atoms with van der Waals surface area (Å²) in [4.78, 5) is 28.3. The number of carbonyl (C=O) groups excluding carboxylic acids is 1. The summed E-state index contributed by atoms with van der Waals surface area (Å²) >= 11 is 5.98. The zero-order valence-electron chi connectivity index (χ0n) is 18.3. The van der Waals surface area contributed by atoms with Crippen LogP contribution in [-0.2, 0) is 17.9 Å². The minimum Gasteiger partial charge on any atom is -0.352 e. The Bertz CT molecular complexity index is 1300. The molecule has 0 unspecified atom stereocenters. The second kappa shape index (κ2) is 9.38. The van der Waals surface area contributed by atoms with Crippen molar-refractivity contribution in [2.45, 2.75) is 32.0 Å². The number of rotatable bonds is 5. The standard InChI is InChI=1S/C27H26ClN3O2/c28-20-11-9-19(10-12-20)17-30-15-13-21(14-16-30)29-26(32)18-31-24-7-3-1-5-22(24)27(33)23-6-2-4-8-25(23)31/h1-12,21H,13-18H2,(H,29,32). The molecule has 3 aromatic carbocycles. The third-order valence-corrected chi connectivity index (χ3v) is 6.70. The number of aromatic nitrogens is 1. The van der Waals surface area contributed by atoms with Crippen molar-refractivity contribution in [3.05, 3.63) is 93.6 Å². The number of pyridine rings is 1. The van der Waals surface area contributed by atoms with Gasteiger partial charge in [0.15, 0.2) is 5.43 Å². The summed E-state index contributed by atoms with van der Waals surface area (Å²) in [5.74, 6) is -0.0230. The first-order valence-corrected chi connectivity index (χ1v) is 11.7. The molecule has 4 aromatic rings. The summed E-state index contributed by atoms with van der Waals surface area (Å²) in [5, 5.41) is 5.25. The Morgan fingerprint density at radius 2 is 1.45 bits per heavy atom. The molecule has 0 saturated carbocycles. The Balaban J connectivity index is 1.27. The van der Waals surface area contributed by atoms with Crippen molar-refractivity contribution in [1.29, 1.82) is 0 Å². The van der Waals surface area contributed by atoms with E-state index in [4.69, 9.17) is 11.6 Å². The van der Waals surface area contributed by atoms with Crippen LogP contribution in [0.4, 0.5) is 0 Å². The molecule has 6 heteroatoms. The molecule has 1 aliphatic heterocycles. The van der Waals surface area contributed by atoms with Gasteiger partial charge in [0.1, 0.15) is 6.54 Å². The molecular formula is C27H26ClN3O2. The molecule has 1 amide bonds. The third-order valence-electron chi connectivity index (χ3n) is 6.45. The highest BCUT2D eigenvalue weighted by Gasteiger charge is 2.21. The summed E-state index contributed by atoms with van der Waals surface area (Å²) in [6.45, 7) is 2.97. The zero-order valence-corrected chi connectivity index (χ0v) is 19.1. The van der Waals surface area contributed by atoms with Crippen molar-refractivity contribution in [3.63, 3.8) is 0 Å². The second-order valence-corrected chi connectivity index (χ2v) is 9.13. The Morgan fingerprint density at radius 3 is 2.06 bits per heavy atom. The Labute approximate surface area is 197 Å². The number of nitrogens with zero attached hydrogens (tertiary/aromatic N) is 2. The molecule has 1 aliphatic rings. The van der Waals surface area contributed by atoms with Gasteiger partial charge in [-0.15, -0.1) is 0 Å². The number of piperidine rings is 1. The molecule has 1 fully saturated rings. The van der Waals surface area contributed by atoms with Crippen LogP contribution in [0.25, 0.3) is 21.8 Å². The smallest absolute Gasteiger partial charge is 0.240 e. The molecule has 33 heavy (non-hydrogen) atoms. The molecule has 1 aromatic heterocycles. The van der Waals surface area contributed by atoms with Gasteiger partial charge in [0.05, 0.1) is 11.0 Å². The van der Waals surface area contributed by atoms with E-state index in [0.29, 0.717) is 10.8 Å². The molecule has 2 heterocycles. The van der Waals surface area contributed by atoms with E-state index in [-0.39, 0.29) is 23.9 Å². The summed E-state index contributed by atoms with van der Waals surface area (Å²) < 4.78 is 1.96. The average Bonchev–Trinajstić information content (AvgIpc) is 2.84. The van der Waals surface area contributed by atoms with Crippen LogP contribution >= 0.6 is 11.6 Å². The first-order chi connectivity index (χ1) is 16.1. The van der Waals surface area contributed by atoms with Crippen molar-refractivity contribution < 1.29 is 4.79 Å². The van der Waals surface area contributed by atoms with Gasteiger partial charge in [0, 0.05) is 41.5 Å². The molecule has 0 atom stereocenters. The van der Waals surface area contributed by atoms with Crippen LogP contribution in [0.3, 0.4) is 0 Å². The second-order valence-electron chi connectivity index (χ2n) is 8.69. The first kappa shape index (κ1) is 21.7. The minimum atomic E-state index is -0.0230. The lowest BCUT2D eigenvalue weighted by molar-refractivity contribution is -0.122. The highest BCUT2D eigenvalue weighted by molar-refractivity contribution is 6.30. The summed E-state index contributed by atoms with van der Waals surface area (Å²) in [6, 6.07) is 23.1. The van der Waals surface area contributed by atoms with Gasteiger partial charge in [-0.25, -0.2) is 0 Å². The number of halogens is 1. The quantitative estimate of drug-likeness (QED) is 0.444. The van der Waals surface area contributed by atoms with Crippen LogP contribution < -0.4 is 10.7 Å². The lowest BCUT2D eigenvalue weighted by atomic mass is 10.0. The SMILES string of the molecule is O=C(Cn1c2ccccc2c(=O)c2ccccc21)NC1CCN(Cc2ccc(Cl)cc2)CC1. The van der Waals surface area contributed by atoms with Crippen molar-refractivity contribution >= 4 is 39.3 Å². The van der Waals surface area contributed by atoms with Gasteiger partial charge in [-0.3, -0.25) is 14.5 Å². The fraction of sp³-hybridized carbons (Fsp3) is 0.259. The number of nitrogens with one attached hydrogen (secondary N) is 1. The highest BCUT2D eigenvalue weighted by atomic mass is 35.5. The summed E-state index contributed by atoms with van der Waals surface area (Å²) in [5.41, 5.74) is 2.83. The average molecular weight is 460 g/mol. The fourth-order valence-electron chi connectivity index (χ4n) is 4.75. The Kier molecular flexibility index (Phi) is 6.16.